The topological polar surface area (TPSA) is 12.0 Å². The summed E-state index contributed by atoms with van der Waals surface area (Å²) in [5.41, 5.74) is 0. The summed E-state index contributed by atoms with van der Waals surface area (Å²) in [5, 5.41) is 3.24. The summed E-state index contributed by atoms with van der Waals surface area (Å²) in [6.45, 7) is 2.18. The summed E-state index contributed by atoms with van der Waals surface area (Å²) in [7, 11) is 0. The third-order valence-corrected chi connectivity index (χ3v) is 1.53. The molecular formula is C7H11N. The Morgan fingerprint density at radius 3 is 2.88 bits per heavy atom. The fourth-order valence-electron chi connectivity index (χ4n) is 0.994. The van der Waals surface area contributed by atoms with E-state index in [2.05, 4.69) is 11.2 Å². The smallest absolute Gasteiger partial charge is 0.0325 e. The Morgan fingerprint density at radius 2 is 2.50 bits per heavy atom. The molecule has 1 fully saturated rings. The first-order valence-electron chi connectivity index (χ1n) is 3.10. The Kier molecular flexibility index (Phi) is 1.93. The van der Waals surface area contributed by atoms with E-state index in [0.717, 1.165) is 13.1 Å². The van der Waals surface area contributed by atoms with Crippen LogP contribution in [-0.4, -0.2) is 13.1 Å². The van der Waals surface area contributed by atoms with Crippen molar-refractivity contribution in [2.45, 2.75) is 12.8 Å². The molecule has 0 spiro atoms. The van der Waals surface area contributed by atoms with Crippen LogP contribution in [0.25, 0.3) is 0 Å². The Labute approximate surface area is 50.5 Å². The Bertz CT molecular complexity index is 95.4. The number of terminal acetylenes is 1. The highest BCUT2D eigenvalue weighted by Crippen LogP contribution is 2.06. The molecule has 1 heteroatoms. The van der Waals surface area contributed by atoms with E-state index >= 15 is 0 Å². The van der Waals surface area contributed by atoms with E-state index in [9.17, 15) is 0 Å². The predicted octanol–water partition coefficient (Wildman–Crippen LogP) is 0.619. The highest BCUT2D eigenvalue weighted by atomic mass is 14.9. The van der Waals surface area contributed by atoms with Crippen LogP contribution in [-0.2, 0) is 0 Å². The van der Waals surface area contributed by atoms with Gasteiger partial charge in [-0.15, -0.1) is 12.3 Å². The number of piperidine rings is 1. The third kappa shape index (κ3) is 1.24. The molecule has 1 saturated heterocycles. The van der Waals surface area contributed by atoms with Crippen molar-refractivity contribution in [2.24, 2.45) is 5.92 Å². The largest absolute Gasteiger partial charge is 0.316 e. The van der Waals surface area contributed by atoms with Crippen molar-refractivity contribution in [2.75, 3.05) is 13.1 Å². The molecule has 1 heterocycles. The lowest BCUT2D eigenvalue weighted by Gasteiger charge is -2.16. The summed E-state index contributed by atoms with van der Waals surface area (Å²) in [6, 6.07) is 0. The fraction of sp³-hybridized carbons (Fsp3) is 0.714. The average molecular weight is 109 g/mol. The Balaban J connectivity index is 2.25. The van der Waals surface area contributed by atoms with Gasteiger partial charge in [-0.2, -0.15) is 0 Å². The van der Waals surface area contributed by atoms with Crippen LogP contribution in [0.5, 0.6) is 0 Å². The monoisotopic (exact) mass is 109 g/mol. The predicted molar refractivity (Wildman–Crippen MR) is 34.4 cm³/mol. The highest BCUT2D eigenvalue weighted by Gasteiger charge is 2.07. The van der Waals surface area contributed by atoms with Crippen LogP contribution in [0.2, 0.25) is 0 Å². The summed E-state index contributed by atoms with van der Waals surface area (Å²) in [4.78, 5) is 0. The van der Waals surface area contributed by atoms with Gasteiger partial charge >= 0.3 is 0 Å². The molecule has 0 saturated carbocycles. The zero-order valence-electron chi connectivity index (χ0n) is 4.98. The van der Waals surface area contributed by atoms with Gasteiger partial charge in [0.1, 0.15) is 0 Å². The molecule has 0 aromatic rings. The van der Waals surface area contributed by atoms with Crippen LogP contribution in [0.15, 0.2) is 0 Å². The van der Waals surface area contributed by atoms with E-state index < -0.39 is 0 Å². The van der Waals surface area contributed by atoms with Crippen LogP contribution in [0, 0.1) is 18.3 Å². The van der Waals surface area contributed by atoms with Crippen molar-refractivity contribution < 1.29 is 0 Å². The molecule has 1 atom stereocenters. The minimum absolute atomic E-state index is 0.503. The highest BCUT2D eigenvalue weighted by molar-refractivity contribution is 4.95. The molecule has 1 rings (SSSR count). The number of nitrogens with one attached hydrogen (secondary N) is 1. The van der Waals surface area contributed by atoms with Crippen LogP contribution in [0.3, 0.4) is 0 Å². The van der Waals surface area contributed by atoms with Crippen LogP contribution in [0.4, 0.5) is 0 Å². The summed E-state index contributed by atoms with van der Waals surface area (Å²) < 4.78 is 0. The number of rotatable bonds is 0. The van der Waals surface area contributed by atoms with Crippen molar-refractivity contribution in [1.29, 1.82) is 0 Å². The molecule has 0 bridgehead atoms. The molecule has 0 aliphatic carbocycles. The number of hydrogen-bond acceptors (Lipinski definition) is 1. The lowest BCUT2D eigenvalue weighted by atomic mass is 10.0. The van der Waals surface area contributed by atoms with E-state index in [-0.39, 0.29) is 0 Å². The van der Waals surface area contributed by atoms with E-state index in [4.69, 9.17) is 6.42 Å². The van der Waals surface area contributed by atoms with Crippen molar-refractivity contribution >= 4 is 0 Å². The second-order valence-electron chi connectivity index (χ2n) is 2.21. The average Bonchev–Trinajstić information content (AvgIpc) is 1.90. The molecule has 0 aromatic carbocycles. The van der Waals surface area contributed by atoms with E-state index in [1.807, 2.05) is 0 Å². The molecule has 1 nitrogen and oxygen atoms in total. The van der Waals surface area contributed by atoms with Crippen molar-refractivity contribution in [3.8, 4) is 12.3 Å². The van der Waals surface area contributed by atoms with Crippen molar-refractivity contribution in [1.82, 2.24) is 5.32 Å². The second-order valence-corrected chi connectivity index (χ2v) is 2.21. The van der Waals surface area contributed by atoms with Crippen LogP contribution >= 0.6 is 0 Å². The van der Waals surface area contributed by atoms with Crippen molar-refractivity contribution in [3.63, 3.8) is 0 Å². The summed E-state index contributed by atoms with van der Waals surface area (Å²) in [6.07, 6.45) is 7.67. The first-order chi connectivity index (χ1) is 3.93. The van der Waals surface area contributed by atoms with Gasteiger partial charge in [0.2, 0.25) is 0 Å². The number of hydrogen-bond donors (Lipinski definition) is 1. The standard InChI is InChI=1S/C7H11N/c1-2-7-4-3-5-8-6-7/h1,7-8H,3-6H2/t7-/m0/s1. The minimum Gasteiger partial charge on any atom is -0.316 e. The summed E-state index contributed by atoms with van der Waals surface area (Å²) >= 11 is 0. The van der Waals surface area contributed by atoms with E-state index in [0.29, 0.717) is 5.92 Å². The maximum Gasteiger partial charge on any atom is 0.0325 e. The van der Waals surface area contributed by atoms with Gasteiger partial charge in [-0.1, -0.05) is 0 Å². The first kappa shape index (κ1) is 5.65. The molecule has 1 N–H and O–H groups in total. The molecule has 44 valence electrons. The minimum atomic E-state index is 0.503. The quantitative estimate of drug-likeness (QED) is 0.450. The Morgan fingerprint density at radius 1 is 1.62 bits per heavy atom. The lowest BCUT2D eigenvalue weighted by Crippen LogP contribution is -2.28. The maximum absolute atomic E-state index is 5.21. The van der Waals surface area contributed by atoms with Gasteiger partial charge in [0.25, 0.3) is 0 Å². The van der Waals surface area contributed by atoms with Gasteiger partial charge in [0, 0.05) is 12.5 Å². The fourth-order valence-corrected chi connectivity index (χ4v) is 0.994. The third-order valence-electron chi connectivity index (χ3n) is 1.53. The summed E-state index contributed by atoms with van der Waals surface area (Å²) in [5.74, 6) is 3.24. The van der Waals surface area contributed by atoms with Gasteiger partial charge in [-0.05, 0) is 19.4 Å². The van der Waals surface area contributed by atoms with Gasteiger partial charge < -0.3 is 5.32 Å². The molecule has 1 aliphatic rings. The normalized spacial score (nSPS) is 29.1. The van der Waals surface area contributed by atoms with E-state index in [1.165, 1.54) is 12.8 Å². The molecule has 8 heavy (non-hydrogen) atoms. The molecule has 0 aromatic heterocycles. The van der Waals surface area contributed by atoms with Crippen LogP contribution < -0.4 is 5.32 Å². The molecule has 1 aliphatic heterocycles. The Hall–Kier alpha value is -0.480. The van der Waals surface area contributed by atoms with Crippen LogP contribution in [0.1, 0.15) is 12.8 Å². The lowest BCUT2D eigenvalue weighted by molar-refractivity contribution is 0.449. The van der Waals surface area contributed by atoms with Gasteiger partial charge in [0.15, 0.2) is 0 Å². The van der Waals surface area contributed by atoms with Gasteiger partial charge in [0.05, 0.1) is 0 Å². The molecule has 0 amide bonds. The van der Waals surface area contributed by atoms with Gasteiger partial charge in [-0.25, -0.2) is 0 Å². The van der Waals surface area contributed by atoms with Crippen molar-refractivity contribution in [3.05, 3.63) is 0 Å². The SMILES string of the molecule is C#C[C@H]1CCCNC1. The first-order valence-corrected chi connectivity index (χ1v) is 3.10. The zero-order chi connectivity index (χ0) is 5.82. The molecule has 0 radical (unpaired) electrons. The van der Waals surface area contributed by atoms with Gasteiger partial charge in [-0.3, -0.25) is 0 Å². The second kappa shape index (κ2) is 2.74. The maximum atomic E-state index is 5.21. The van der Waals surface area contributed by atoms with E-state index in [1.54, 1.807) is 0 Å². The zero-order valence-corrected chi connectivity index (χ0v) is 4.98. The molecular weight excluding hydrogens is 98.1 g/mol. The molecule has 0 unspecified atom stereocenters.